The van der Waals surface area contributed by atoms with E-state index >= 15 is 0 Å². The maximum Gasteiger partial charge on any atom is 0.241 e. The first kappa shape index (κ1) is 16.2. The molecule has 1 saturated heterocycles. The summed E-state index contributed by atoms with van der Waals surface area (Å²) in [5.74, 6) is 1.36. The molecular formula is C14H24N4O2S. The van der Waals surface area contributed by atoms with Crippen LogP contribution in [-0.4, -0.2) is 51.5 Å². The second-order valence-electron chi connectivity index (χ2n) is 5.42. The molecule has 0 aliphatic carbocycles. The van der Waals surface area contributed by atoms with Crippen LogP contribution in [0.25, 0.3) is 0 Å². The summed E-state index contributed by atoms with van der Waals surface area (Å²) in [6.07, 6.45) is 3.79. The van der Waals surface area contributed by atoms with E-state index in [4.69, 9.17) is 0 Å². The van der Waals surface area contributed by atoms with Crippen molar-refractivity contribution in [2.24, 2.45) is 5.92 Å². The number of anilines is 1. The predicted molar refractivity (Wildman–Crippen MR) is 83.8 cm³/mol. The van der Waals surface area contributed by atoms with Crippen LogP contribution in [0.3, 0.4) is 0 Å². The number of sulfonamides is 1. The quantitative estimate of drug-likeness (QED) is 0.789. The Morgan fingerprint density at radius 3 is 2.86 bits per heavy atom. The van der Waals surface area contributed by atoms with Gasteiger partial charge in [0.1, 0.15) is 10.7 Å². The Bertz CT molecular complexity index is 545. The first-order valence-corrected chi connectivity index (χ1v) is 8.89. The van der Waals surface area contributed by atoms with Crippen molar-refractivity contribution in [3.05, 3.63) is 18.3 Å². The third-order valence-corrected chi connectivity index (χ3v) is 5.20. The van der Waals surface area contributed by atoms with Crippen LogP contribution in [0.1, 0.15) is 19.8 Å². The molecule has 0 saturated carbocycles. The molecule has 0 unspecified atom stereocenters. The van der Waals surface area contributed by atoms with E-state index in [9.17, 15) is 8.42 Å². The highest BCUT2D eigenvalue weighted by atomic mass is 32.2. The molecule has 21 heavy (non-hydrogen) atoms. The van der Waals surface area contributed by atoms with Gasteiger partial charge in [-0.1, -0.05) is 6.92 Å². The summed E-state index contributed by atoms with van der Waals surface area (Å²) in [6, 6.07) is 3.28. The number of likely N-dealkylation sites (tertiary alicyclic amines) is 1. The first-order valence-electron chi connectivity index (χ1n) is 7.41. The van der Waals surface area contributed by atoms with Gasteiger partial charge in [-0.15, -0.1) is 0 Å². The van der Waals surface area contributed by atoms with Gasteiger partial charge in [0.15, 0.2) is 0 Å². The van der Waals surface area contributed by atoms with Crippen LogP contribution in [0.15, 0.2) is 23.2 Å². The van der Waals surface area contributed by atoms with Gasteiger partial charge in [0.05, 0.1) is 0 Å². The minimum Gasteiger partial charge on any atom is -0.370 e. The number of nitrogens with one attached hydrogen (secondary N) is 2. The van der Waals surface area contributed by atoms with Crippen LogP contribution in [0.2, 0.25) is 0 Å². The van der Waals surface area contributed by atoms with Crippen LogP contribution >= 0.6 is 0 Å². The average molecular weight is 312 g/mol. The maximum atomic E-state index is 11.6. The molecule has 6 nitrogen and oxygen atoms in total. The SMILES string of the molecule is CCCN1CC[C@@H](CNc2ccc(S(=O)(=O)NC)cn2)C1. The summed E-state index contributed by atoms with van der Waals surface area (Å²) in [5.41, 5.74) is 0. The highest BCUT2D eigenvalue weighted by Crippen LogP contribution is 2.17. The zero-order valence-corrected chi connectivity index (χ0v) is 13.5. The van der Waals surface area contributed by atoms with E-state index < -0.39 is 10.0 Å². The van der Waals surface area contributed by atoms with Crippen LogP contribution in [0, 0.1) is 5.92 Å². The molecule has 0 aromatic carbocycles. The smallest absolute Gasteiger partial charge is 0.241 e. The van der Waals surface area contributed by atoms with Crippen molar-refractivity contribution in [2.75, 3.05) is 38.5 Å². The van der Waals surface area contributed by atoms with Crippen molar-refractivity contribution >= 4 is 15.8 Å². The normalized spacial score (nSPS) is 19.8. The van der Waals surface area contributed by atoms with E-state index in [2.05, 4.69) is 26.8 Å². The largest absolute Gasteiger partial charge is 0.370 e. The highest BCUT2D eigenvalue weighted by molar-refractivity contribution is 7.89. The minimum absolute atomic E-state index is 0.186. The molecule has 2 heterocycles. The van der Waals surface area contributed by atoms with Gasteiger partial charge >= 0.3 is 0 Å². The van der Waals surface area contributed by atoms with Gasteiger partial charge in [-0.3, -0.25) is 0 Å². The first-order chi connectivity index (χ1) is 10.0. The van der Waals surface area contributed by atoms with E-state index in [1.54, 1.807) is 12.1 Å². The molecule has 1 aliphatic rings. The lowest BCUT2D eigenvalue weighted by Gasteiger charge is -2.15. The molecular weight excluding hydrogens is 288 g/mol. The number of rotatable bonds is 7. The van der Waals surface area contributed by atoms with Gasteiger partial charge in [0.25, 0.3) is 0 Å². The number of pyridine rings is 1. The zero-order chi connectivity index (χ0) is 15.3. The highest BCUT2D eigenvalue weighted by Gasteiger charge is 2.21. The van der Waals surface area contributed by atoms with Gasteiger partial charge in [-0.2, -0.15) is 0 Å². The fourth-order valence-electron chi connectivity index (χ4n) is 2.61. The third kappa shape index (κ3) is 4.39. The zero-order valence-electron chi connectivity index (χ0n) is 12.7. The number of nitrogens with zero attached hydrogens (tertiary/aromatic N) is 2. The summed E-state index contributed by atoms with van der Waals surface area (Å²) in [6.45, 7) is 6.56. The minimum atomic E-state index is -3.41. The van der Waals surface area contributed by atoms with Crippen molar-refractivity contribution in [1.29, 1.82) is 0 Å². The molecule has 2 N–H and O–H groups in total. The van der Waals surface area contributed by atoms with E-state index in [-0.39, 0.29) is 4.90 Å². The molecule has 118 valence electrons. The Hall–Kier alpha value is -1.18. The van der Waals surface area contributed by atoms with Gasteiger partial charge in [-0.25, -0.2) is 18.1 Å². The van der Waals surface area contributed by atoms with Crippen molar-refractivity contribution in [3.63, 3.8) is 0 Å². The average Bonchev–Trinajstić information content (AvgIpc) is 2.94. The van der Waals surface area contributed by atoms with Crippen molar-refractivity contribution < 1.29 is 8.42 Å². The number of aromatic nitrogens is 1. The van der Waals surface area contributed by atoms with Crippen LogP contribution in [-0.2, 0) is 10.0 Å². The number of hydrogen-bond donors (Lipinski definition) is 2. The molecule has 0 spiro atoms. The Labute approximate surface area is 127 Å². The van der Waals surface area contributed by atoms with Crippen molar-refractivity contribution in [1.82, 2.24) is 14.6 Å². The Morgan fingerprint density at radius 1 is 1.43 bits per heavy atom. The molecule has 0 radical (unpaired) electrons. The fraction of sp³-hybridized carbons (Fsp3) is 0.643. The number of hydrogen-bond acceptors (Lipinski definition) is 5. The fourth-order valence-corrected chi connectivity index (χ4v) is 3.28. The van der Waals surface area contributed by atoms with Crippen LogP contribution in [0.5, 0.6) is 0 Å². The lowest BCUT2D eigenvalue weighted by Crippen LogP contribution is -2.23. The summed E-state index contributed by atoms with van der Waals surface area (Å²) >= 11 is 0. The molecule has 1 aliphatic heterocycles. The monoisotopic (exact) mass is 312 g/mol. The summed E-state index contributed by atoms with van der Waals surface area (Å²) in [5, 5.41) is 3.29. The van der Waals surface area contributed by atoms with E-state index in [1.165, 1.54) is 39.2 Å². The van der Waals surface area contributed by atoms with Gasteiger partial charge < -0.3 is 10.2 Å². The van der Waals surface area contributed by atoms with Crippen molar-refractivity contribution in [3.8, 4) is 0 Å². The van der Waals surface area contributed by atoms with Gasteiger partial charge in [0.2, 0.25) is 10.0 Å². The van der Waals surface area contributed by atoms with E-state index in [1.807, 2.05) is 0 Å². The molecule has 1 fully saturated rings. The van der Waals surface area contributed by atoms with Crippen LogP contribution in [0.4, 0.5) is 5.82 Å². The third-order valence-electron chi connectivity index (χ3n) is 3.80. The molecule has 1 aromatic heterocycles. The van der Waals surface area contributed by atoms with E-state index in [0.29, 0.717) is 5.92 Å². The summed E-state index contributed by atoms with van der Waals surface area (Å²) in [4.78, 5) is 6.84. The Morgan fingerprint density at radius 2 is 2.24 bits per heavy atom. The lowest BCUT2D eigenvalue weighted by atomic mass is 10.1. The van der Waals surface area contributed by atoms with Gasteiger partial charge in [0, 0.05) is 19.3 Å². The summed E-state index contributed by atoms with van der Waals surface area (Å²) < 4.78 is 25.5. The topological polar surface area (TPSA) is 74.3 Å². The standard InChI is InChI=1S/C14H24N4O2S/c1-3-7-18-8-6-12(11-18)9-16-14-5-4-13(10-17-14)21(19,20)15-2/h4-5,10,12,15H,3,6-9,11H2,1-2H3,(H,16,17)/t12-/m0/s1. The molecule has 2 rings (SSSR count). The maximum absolute atomic E-state index is 11.6. The predicted octanol–water partition coefficient (Wildman–Crippen LogP) is 1.13. The Kier molecular flexibility index (Phi) is 5.55. The molecule has 7 heteroatoms. The second kappa shape index (κ2) is 7.20. The van der Waals surface area contributed by atoms with Gasteiger partial charge in [-0.05, 0) is 51.0 Å². The lowest BCUT2D eigenvalue weighted by molar-refractivity contribution is 0.327. The molecule has 1 aromatic rings. The molecule has 0 amide bonds. The summed E-state index contributed by atoms with van der Waals surface area (Å²) in [7, 11) is -2.01. The second-order valence-corrected chi connectivity index (χ2v) is 7.31. The Balaban J connectivity index is 1.85. The van der Waals surface area contributed by atoms with Crippen LogP contribution < -0.4 is 10.0 Å². The van der Waals surface area contributed by atoms with E-state index in [0.717, 1.165) is 18.9 Å². The van der Waals surface area contributed by atoms with Crippen molar-refractivity contribution in [2.45, 2.75) is 24.7 Å². The molecule has 0 bridgehead atoms. The molecule has 1 atom stereocenters.